The summed E-state index contributed by atoms with van der Waals surface area (Å²) in [5.74, 6) is 0.434. The number of para-hydroxylation sites is 1. The number of nitrogens with two attached hydrogens (primary N) is 1. The molecule has 0 radical (unpaired) electrons. The standard InChI is InChI=1S/C14H13N3O3/c15-11-8-9-2-1-3-12(13(9)17(19)14(11)18)20-10-4-6-16-7-5-10/h1-7,11,19H,8,15H2. The number of hydrogen-bond acceptors (Lipinski definition) is 5. The Morgan fingerprint density at radius 3 is 2.80 bits per heavy atom. The van der Waals surface area contributed by atoms with Crippen molar-refractivity contribution in [3.05, 3.63) is 48.3 Å². The number of fused-ring (bicyclic) bond motifs is 1. The minimum atomic E-state index is -0.733. The normalized spacial score (nSPS) is 17.8. The van der Waals surface area contributed by atoms with Gasteiger partial charge in [-0.1, -0.05) is 12.1 Å². The minimum Gasteiger partial charge on any atom is -0.455 e. The molecule has 1 atom stereocenters. The van der Waals surface area contributed by atoms with Crippen LogP contribution in [-0.4, -0.2) is 22.1 Å². The number of carbonyl (C=O) groups is 1. The van der Waals surface area contributed by atoms with Crippen molar-refractivity contribution in [2.24, 2.45) is 5.73 Å². The van der Waals surface area contributed by atoms with Crippen molar-refractivity contribution in [1.29, 1.82) is 0 Å². The maximum atomic E-state index is 11.8. The largest absolute Gasteiger partial charge is 0.455 e. The van der Waals surface area contributed by atoms with Crippen LogP contribution in [0.1, 0.15) is 5.56 Å². The van der Waals surface area contributed by atoms with Gasteiger partial charge in [-0.3, -0.25) is 15.0 Å². The second-order valence-corrected chi connectivity index (χ2v) is 4.51. The van der Waals surface area contributed by atoms with E-state index in [1.54, 1.807) is 36.7 Å². The van der Waals surface area contributed by atoms with Crippen LogP contribution in [0, 0.1) is 0 Å². The molecule has 0 saturated carbocycles. The lowest BCUT2D eigenvalue weighted by Gasteiger charge is -2.29. The molecular weight excluding hydrogens is 258 g/mol. The van der Waals surface area contributed by atoms with Gasteiger partial charge < -0.3 is 10.5 Å². The number of carbonyl (C=O) groups excluding carboxylic acids is 1. The second-order valence-electron chi connectivity index (χ2n) is 4.51. The molecular formula is C14H13N3O3. The first kappa shape index (κ1) is 12.6. The van der Waals surface area contributed by atoms with Crippen molar-refractivity contribution in [1.82, 2.24) is 4.98 Å². The van der Waals surface area contributed by atoms with Crippen LogP contribution >= 0.6 is 0 Å². The number of benzene rings is 1. The molecule has 0 aliphatic carbocycles. The van der Waals surface area contributed by atoms with Crippen LogP contribution in [0.2, 0.25) is 0 Å². The zero-order valence-electron chi connectivity index (χ0n) is 10.6. The van der Waals surface area contributed by atoms with E-state index < -0.39 is 11.9 Å². The molecule has 0 saturated heterocycles. The quantitative estimate of drug-likeness (QED) is 0.808. The van der Waals surface area contributed by atoms with E-state index in [-0.39, 0.29) is 0 Å². The smallest absolute Gasteiger partial charge is 0.268 e. The summed E-state index contributed by atoms with van der Waals surface area (Å²) in [6.45, 7) is 0. The Bertz CT molecular complexity index is 645. The Labute approximate surface area is 115 Å². The third-order valence-corrected chi connectivity index (χ3v) is 3.14. The van der Waals surface area contributed by atoms with Gasteiger partial charge in [-0.25, -0.2) is 0 Å². The van der Waals surface area contributed by atoms with Crippen molar-refractivity contribution in [2.75, 3.05) is 5.06 Å². The van der Waals surface area contributed by atoms with Crippen molar-refractivity contribution in [3.63, 3.8) is 0 Å². The number of aromatic nitrogens is 1. The molecule has 2 heterocycles. The molecule has 1 aliphatic rings. The molecule has 102 valence electrons. The van der Waals surface area contributed by atoms with Gasteiger partial charge in [0.1, 0.15) is 11.4 Å². The van der Waals surface area contributed by atoms with Crippen molar-refractivity contribution < 1.29 is 14.7 Å². The number of pyridine rings is 1. The number of ether oxygens (including phenoxy) is 1. The lowest BCUT2D eigenvalue weighted by atomic mass is 9.99. The molecule has 1 amide bonds. The number of nitrogens with zero attached hydrogens (tertiary/aromatic N) is 2. The Hall–Kier alpha value is -2.44. The van der Waals surface area contributed by atoms with Gasteiger partial charge in [-0.05, 0) is 30.2 Å². The average molecular weight is 271 g/mol. The van der Waals surface area contributed by atoms with Crippen LogP contribution in [-0.2, 0) is 11.2 Å². The molecule has 6 nitrogen and oxygen atoms in total. The zero-order valence-corrected chi connectivity index (χ0v) is 10.6. The monoisotopic (exact) mass is 271 g/mol. The molecule has 3 rings (SSSR count). The summed E-state index contributed by atoms with van der Waals surface area (Å²) in [5, 5.41) is 10.5. The van der Waals surface area contributed by atoms with E-state index in [1.807, 2.05) is 6.07 Å². The van der Waals surface area contributed by atoms with Crippen LogP contribution in [0.4, 0.5) is 5.69 Å². The molecule has 20 heavy (non-hydrogen) atoms. The predicted octanol–water partition coefficient (Wildman–Crippen LogP) is 1.48. The first-order chi connectivity index (χ1) is 9.66. The third-order valence-electron chi connectivity index (χ3n) is 3.14. The maximum Gasteiger partial charge on any atom is 0.268 e. The Balaban J connectivity index is 2.02. The van der Waals surface area contributed by atoms with Gasteiger partial charge in [-0.15, -0.1) is 0 Å². The number of hydroxylamine groups is 1. The van der Waals surface area contributed by atoms with Crippen LogP contribution < -0.4 is 15.5 Å². The van der Waals surface area contributed by atoms with Gasteiger partial charge in [0.15, 0.2) is 5.75 Å². The first-order valence-electron chi connectivity index (χ1n) is 6.15. The Morgan fingerprint density at radius 1 is 1.30 bits per heavy atom. The van der Waals surface area contributed by atoms with Crippen LogP contribution in [0.15, 0.2) is 42.7 Å². The Morgan fingerprint density at radius 2 is 2.05 bits per heavy atom. The summed E-state index contributed by atoms with van der Waals surface area (Å²) in [6.07, 6.45) is 3.57. The summed E-state index contributed by atoms with van der Waals surface area (Å²) in [5.41, 5.74) is 6.80. The van der Waals surface area contributed by atoms with E-state index in [0.717, 1.165) is 5.56 Å². The van der Waals surface area contributed by atoms with Gasteiger partial charge >= 0.3 is 0 Å². The molecule has 1 aromatic heterocycles. The SMILES string of the molecule is NC1Cc2cccc(Oc3ccncc3)c2N(O)C1=O. The van der Waals surface area contributed by atoms with Gasteiger partial charge in [0, 0.05) is 12.4 Å². The van der Waals surface area contributed by atoms with Crippen LogP contribution in [0.5, 0.6) is 11.5 Å². The van der Waals surface area contributed by atoms with Gasteiger partial charge in [0.25, 0.3) is 5.91 Å². The van der Waals surface area contributed by atoms with E-state index in [0.29, 0.717) is 28.7 Å². The summed E-state index contributed by atoms with van der Waals surface area (Å²) in [7, 11) is 0. The van der Waals surface area contributed by atoms with Gasteiger partial charge in [0.05, 0.1) is 6.04 Å². The number of rotatable bonds is 2. The molecule has 0 bridgehead atoms. The van der Waals surface area contributed by atoms with Gasteiger partial charge in [-0.2, -0.15) is 5.06 Å². The van der Waals surface area contributed by atoms with E-state index in [2.05, 4.69) is 4.98 Å². The fourth-order valence-electron chi connectivity index (χ4n) is 2.18. The molecule has 0 spiro atoms. The summed E-state index contributed by atoms with van der Waals surface area (Å²) < 4.78 is 5.70. The topological polar surface area (TPSA) is 88.7 Å². The Kier molecular flexibility index (Phi) is 3.09. The van der Waals surface area contributed by atoms with Gasteiger partial charge in [0.2, 0.25) is 0 Å². The molecule has 6 heteroatoms. The van der Waals surface area contributed by atoms with E-state index in [4.69, 9.17) is 10.5 Å². The molecule has 2 aromatic rings. The molecule has 1 aromatic carbocycles. The molecule has 1 aliphatic heterocycles. The van der Waals surface area contributed by atoms with E-state index in [9.17, 15) is 10.0 Å². The lowest BCUT2D eigenvalue weighted by Crippen LogP contribution is -2.47. The first-order valence-corrected chi connectivity index (χ1v) is 6.15. The van der Waals surface area contributed by atoms with Crippen molar-refractivity contribution in [2.45, 2.75) is 12.5 Å². The highest BCUT2D eigenvalue weighted by Gasteiger charge is 2.32. The van der Waals surface area contributed by atoms with Crippen LogP contribution in [0.25, 0.3) is 0 Å². The summed E-state index contributed by atoms with van der Waals surface area (Å²) >= 11 is 0. The predicted molar refractivity (Wildman–Crippen MR) is 71.7 cm³/mol. The van der Waals surface area contributed by atoms with Crippen LogP contribution in [0.3, 0.4) is 0 Å². The number of hydrogen-bond donors (Lipinski definition) is 2. The van der Waals surface area contributed by atoms with E-state index in [1.165, 1.54) is 0 Å². The summed E-state index contributed by atoms with van der Waals surface area (Å²) in [4.78, 5) is 15.7. The zero-order chi connectivity index (χ0) is 14.1. The number of amides is 1. The summed E-state index contributed by atoms with van der Waals surface area (Å²) in [6, 6.07) is 7.95. The molecule has 3 N–H and O–H groups in total. The molecule has 1 unspecified atom stereocenters. The number of anilines is 1. The second kappa shape index (κ2) is 4.92. The maximum absolute atomic E-state index is 11.8. The van der Waals surface area contributed by atoms with Crippen molar-refractivity contribution in [3.8, 4) is 11.5 Å². The highest BCUT2D eigenvalue weighted by atomic mass is 16.5. The lowest BCUT2D eigenvalue weighted by molar-refractivity contribution is -0.125. The fraction of sp³-hybridized carbons (Fsp3) is 0.143. The van der Waals surface area contributed by atoms with Crippen molar-refractivity contribution >= 4 is 11.6 Å². The molecule has 0 fully saturated rings. The third kappa shape index (κ3) is 2.11. The van der Waals surface area contributed by atoms with E-state index >= 15 is 0 Å². The minimum absolute atomic E-state index is 0.344. The average Bonchev–Trinajstić information content (AvgIpc) is 2.46. The fourth-order valence-corrected chi connectivity index (χ4v) is 2.18. The highest BCUT2D eigenvalue weighted by molar-refractivity contribution is 5.99. The highest BCUT2D eigenvalue weighted by Crippen LogP contribution is 2.37.